The van der Waals surface area contributed by atoms with E-state index in [2.05, 4.69) is 26.0 Å². The van der Waals surface area contributed by atoms with Crippen LogP contribution in [0.25, 0.3) is 22.3 Å². The minimum Gasteiger partial charge on any atom is -0.496 e. The molecule has 0 aliphatic carbocycles. The molecule has 3 aromatic carbocycles. The van der Waals surface area contributed by atoms with Gasteiger partial charge in [0.15, 0.2) is 5.82 Å². The summed E-state index contributed by atoms with van der Waals surface area (Å²) in [6.45, 7) is 0. The first-order chi connectivity index (χ1) is 14.1. The number of nitrogens with zero attached hydrogens (tertiary/aromatic N) is 3. The largest absolute Gasteiger partial charge is 0.496 e. The average Bonchev–Trinajstić information content (AvgIpc) is 2.74. The molecule has 0 saturated carbocycles. The van der Waals surface area contributed by atoms with Crippen molar-refractivity contribution >= 4 is 33.0 Å². The first-order valence-corrected chi connectivity index (χ1v) is 9.52. The Labute approximate surface area is 174 Å². The summed E-state index contributed by atoms with van der Waals surface area (Å²) in [6, 6.07) is 18.3. The molecule has 144 valence electrons. The molecular weight excluding hydrogens is 437 g/mol. The lowest BCUT2D eigenvalue weighted by Gasteiger charge is -2.09. The van der Waals surface area contributed by atoms with Gasteiger partial charge >= 0.3 is 0 Å². The lowest BCUT2D eigenvalue weighted by Crippen LogP contribution is -2.20. The fourth-order valence-corrected chi connectivity index (χ4v) is 3.46. The van der Waals surface area contributed by atoms with Gasteiger partial charge in [0.1, 0.15) is 11.6 Å². The van der Waals surface area contributed by atoms with Crippen LogP contribution >= 0.6 is 15.9 Å². The van der Waals surface area contributed by atoms with E-state index in [1.165, 1.54) is 16.8 Å². The number of fused-ring (bicyclic) bond motifs is 1. The minimum absolute atomic E-state index is 0.307. The van der Waals surface area contributed by atoms with E-state index in [4.69, 9.17) is 4.74 Å². The van der Waals surface area contributed by atoms with Crippen molar-refractivity contribution in [2.75, 3.05) is 7.11 Å². The van der Waals surface area contributed by atoms with Gasteiger partial charge in [-0.3, -0.25) is 4.79 Å². The highest BCUT2D eigenvalue weighted by molar-refractivity contribution is 9.10. The summed E-state index contributed by atoms with van der Waals surface area (Å²) < 4.78 is 20.6. The molecule has 0 radical (unpaired) electrons. The first-order valence-electron chi connectivity index (χ1n) is 8.72. The third-order valence-electron chi connectivity index (χ3n) is 4.35. The van der Waals surface area contributed by atoms with E-state index in [0.29, 0.717) is 28.0 Å². The summed E-state index contributed by atoms with van der Waals surface area (Å²) in [5.41, 5.74) is 1.60. The summed E-state index contributed by atoms with van der Waals surface area (Å²) in [4.78, 5) is 17.7. The van der Waals surface area contributed by atoms with Gasteiger partial charge in [-0.2, -0.15) is 9.78 Å². The second kappa shape index (κ2) is 7.97. The lowest BCUT2D eigenvalue weighted by molar-refractivity contribution is 0.412. The van der Waals surface area contributed by atoms with E-state index >= 15 is 0 Å². The number of para-hydroxylation sites is 1. The molecule has 0 bridgehead atoms. The highest BCUT2D eigenvalue weighted by Crippen LogP contribution is 2.25. The number of benzene rings is 3. The van der Waals surface area contributed by atoms with Gasteiger partial charge in [0.25, 0.3) is 5.56 Å². The maximum absolute atomic E-state index is 13.4. The van der Waals surface area contributed by atoms with Crippen molar-refractivity contribution in [1.29, 1.82) is 0 Å². The number of methoxy groups -OCH3 is 1. The maximum Gasteiger partial charge on any atom is 0.282 e. The number of halogens is 2. The van der Waals surface area contributed by atoms with Crippen molar-refractivity contribution in [3.8, 4) is 17.1 Å². The number of rotatable bonds is 4. The molecule has 0 spiro atoms. The highest BCUT2D eigenvalue weighted by Gasteiger charge is 2.12. The van der Waals surface area contributed by atoms with Gasteiger partial charge in [-0.05, 0) is 76.1 Å². The number of hydrogen-bond donors (Lipinski definition) is 0. The zero-order valence-electron chi connectivity index (χ0n) is 15.3. The summed E-state index contributed by atoms with van der Waals surface area (Å²) >= 11 is 3.44. The Morgan fingerprint density at radius 1 is 1.10 bits per heavy atom. The van der Waals surface area contributed by atoms with Crippen LogP contribution in [0.2, 0.25) is 0 Å². The van der Waals surface area contributed by atoms with Crippen LogP contribution in [-0.4, -0.2) is 23.0 Å². The SMILES string of the molecule is COc1ccc(C=Nn2c(-c3ccc(F)cc3)nc3ccccc3c2=O)cc1Br. The summed E-state index contributed by atoms with van der Waals surface area (Å²) in [7, 11) is 1.59. The molecular formula is C22H15BrFN3O2. The molecule has 1 aromatic heterocycles. The Balaban J connectivity index is 1.88. The van der Waals surface area contributed by atoms with E-state index in [9.17, 15) is 9.18 Å². The quantitative estimate of drug-likeness (QED) is 0.416. The number of ether oxygens (including phenoxy) is 1. The molecule has 0 amide bonds. The third-order valence-corrected chi connectivity index (χ3v) is 4.97. The Bertz CT molecular complexity index is 1280. The predicted octanol–water partition coefficient (Wildman–Crippen LogP) is 4.86. The first kappa shape index (κ1) is 19.0. The van der Waals surface area contributed by atoms with E-state index in [-0.39, 0.29) is 11.4 Å². The van der Waals surface area contributed by atoms with E-state index in [1.54, 1.807) is 49.7 Å². The van der Waals surface area contributed by atoms with Crippen molar-refractivity contribution in [3.05, 3.63) is 92.9 Å². The molecule has 4 rings (SSSR count). The molecule has 0 atom stereocenters. The normalized spacial score (nSPS) is 11.3. The fourth-order valence-electron chi connectivity index (χ4n) is 2.90. The predicted molar refractivity (Wildman–Crippen MR) is 115 cm³/mol. The highest BCUT2D eigenvalue weighted by atomic mass is 79.9. The van der Waals surface area contributed by atoms with Gasteiger partial charge in [-0.1, -0.05) is 12.1 Å². The van der Waals surface area contributed by atoms with Crippen LogP contribution in [0.3, 0.4) is 0 Å². The van der Waals surface area contributed by atoms with Gasteiger partial charge in [0.05, 0.1) is 28.7 Å². The van der Waals surface area contributed by atoms with Gasteiger partial charge in [0.2, 0.25) is 0 Å². The molecule has 0 unspecified atom stereocenters. The molecule has 4 aromatic rings. The second-order valence-electron chi connectivity index (χ2n) is 6.21. The van der Waals surface area contributed by atoms with Crippen molar-refractivity contribution in [2.45, 2.75) is 0 Å². The van der Waals surface area contributed by atoms with Crippen LogP contribution in [-0.2, 0) is 0 Å². The van der Waals surface area contributed by atoms with Crippen LogP contribution < -0.4 is 10.3 Å². The Morgan fingerprint density at radius 3 is 2.59 bits per heavy atom. The van der Waals surface area contributed by atoms with Crippen LogP contribution in [0.4, 0.5) is 4.39 Å². The van der Waals surface area contributed by atoms with Gasteiger partial charge < -0.3 is 4.74 Å². The van der Waals surface area contributed by atoms with Crippen LogP contribution in [0.15, 0.2) is 81.1 Å². The minimum atomic E-state index is -0.366. The van der Waals surface area contributed by atoms with Crippen LogP contribution in [0, 0.1) is 5.82 Å². The second-order valence-corrected chi connectivity index (χ2v) is 7.07. The van der Waals surface area contributed by atoms with E-state index < -0.39 is 0 Å². The molecule has 7 heteroatoms. The van der Waals surface area contributed by atoms with Crippen molar-refractivity contribution in [2.24, 2.45) is 5.10 Å². The third kappa shape index (κ3) is 3.82. The molecule has 0 fully saturated rings. The molecule has 0 saturated heterocycles. The Morgan fingerprint density at radius 2 is 1.86 bits per heavy atom. The molecule has 0 aliphatic rings. The van der Waals surface area contributed by atoms with Crippen molar-refractivity contribution in [1.82, 2.24) is 9.66 Å². The topological polar surface area (TPSA) is 56.5 Å². The van der Waals surface area contributed by atoms with Crippen molar-refractivity contribution < 1.29 is 9.13 Å². The summed E-state index contributed by atoms with van der Waals surface area (Å²) in [5.74, 6) is 0.659. The van der Waals surface area contributed by atoms with Gasteiger partial charge in [-0.15, -0.1) is 0 Å². The fraction of sp³-hybridized carbons (Fsp3) is 0.0455. The number of hydrogen-bond acceptors (Lipinski definition) is 4. The van der Waals surface area contributed by atoms with E-state index in [1.807, 2.05) is 18.2 Å². The zero-order valence-corrected chi connectivity index (χ0v) is 16.9. The van der Waals surface area contributed by atoms with Crippen LogP contribution in [0.5, 0.6) is 5.75 Å². The molecule has 0 N–H and O–H groups in total. The summed E-state index contributed by atoms with van der Waals surface area (Å²) in [5, 5.41) is 4.83. The molecule has 29 heavy (non-hydrogen) atoms. The lowest BCUT2D eigenvalue weighted by atomic mass is 10.2. The van der Waals surface area contributed by atoms with E-state index in [0.717, 1.165) is 10.0 Å². The smallest absolute Gasteiger partial charge is 0.282 e. The average molecular weight is 452 g/mol. The monoisotopic (exact) mass is 451 g/mol. The number of aromatic nitrogens is 2. The molecule has 1 heterocycles. The maximum atomic E-state index is 13.4. The molecule has 0 aliphatic heterocycles. The molecule has 5 nitrogen and oxygen atoms in total. The van der Waals surface area contributed by atoms with Gasteiger partial charge in [-0.25, -0.2) is 9.37 Å². The van der Waals surface area contributed by atoms with Gasteiger partial charge in [0, 0.05) is 5.56 Å². The standard InChI is InChI=1S/C22H15BrFN3O2/c1-29-20-11-6-14(12-18(20)23)13-25-27-21(15-7-9-16(24)10-8-15)26-19-5-3-2-4-17(19)22(27)28/h2-13H,1H3. The Kier molecular flexibility index (Phi) is 5.22. The summed E-state index contributed by atoms with van der Waals surface area (Å²) in [6.07, 6.45) is 1.56. The zero-order chi connectivity index (χ0) is 20.4. The Hall–Kier alpha value is -3.32. The van der Waals surface area contributed by atoms with Crippen LogP contribution in [0.1, 0.15) is 5.56 Å². The van der Waals surface area contributed by atoms with Crippen molar-refractivity contribution in [3.63, 3.8) is 0 Å².